The number of aryl methyl sites for hydroxylation is 1. The minimum atomic E-state index is -0.488. The van der Waals surface area contributed by atoms with Gasteiger partial charge in [0, 0.05) is 23.4 Å². The number of nitrogens with one attached hydrogen (secondary N) is 1. The molecule has 23 heavy (non-hydrogen) atoms. The van der Waals surface area contributed by atoms with Crippen LogP contribution in [0.2, 0.25) is 0 Å². The largest absolute Gasteiger partial charge is 0.497 e. The molecule has 1 N–H and O–H groups in total. The molecule has 0 aliphatic carbocycles. The zero-order valence-electron chi connectivity index (χ0n) is 12.7. The second-order valence-corrected chi connectivity index (χ2v) is 4.77. The van der Waals surface area contributed by atoms with E-state index in [4.69, 9.17) is 9.47 Å². The summed E-state index contributed by atoms with van der Waals surface area (Å²) in [5, 5.41) is 13.5. The highest BCUT2D eigenvalue weighted by molar-refractivity contribution is 5.92. The van der Waals surface area contributed by atoms with Crippen LogP contribution in [0.3, 0.4) is 0 Å². The molecule has 0 saturated carbocycles. The van der Waals surface area contributed by atoms with Crippen LogP contribution in [0.4, 0.5) is 11.4 Å². The molecule has 0 spiro atoms. The lowest BCUT2D eigenvalue weighted by molar-refractivity contribution is -0.385. The fourth-order valence-electron chi connectivity index (χ4n) is 1.92. The van der Waals surface area contributed by atoms with Gasteiger partial charge in [-0.25, -0.2) is 0 Å². The summed E-state index contributed by atoms with van der Waals surface area (Å²) in [4.78, 5) is 22.3. The molecule has 0 aromatic heterocycles. The van der Waals surface area contributed by atoms with E-state index in [0.717, 1.165) is 0 Å². The smallest absolute Gasteiger partial charge is 0.274 e. The van der Waals surface area contributed by atoms with Crippen molar-refractivity contribution in [1.29, 1.82) is 0 Å². The molecule has 0 heterocycles. The van der Waals surface area contributed by atoms with Gasteiger partial charge in [0.05, 0.1) is 12.0 Å². The number of benzene rings is 2. The lowest BCUT2D eigenvalue weighted by Crippen LogP contribution is -2.20. The molecule has 2 aromatic rings. The molecule has 0 fully saturated rings. The maximum atomic E-state index is 11.9. The van der Waals surface area contributed by atoms with Crippen LogP contribution in [0.15, 0.2) is 42.5 Å². The molecule has 0 unspecified atom stereocenters. The van der Waals surface area contributed by atoms with Gasteiger partial charge in [0.15, 0.2) is 6.61 Å². The van der Waals surface area contributed by atoms with Gasteiger partial charge in [-0.15, -0.1) is 0 Å². The Hall–Kier alpha value is -3.09. The standard InChI is InChI=1S/C16H16N2O5/c1-11-6-7-12(8-15(11)18(20)21)17-16(19)10-23-14-5-3-4-13(9-14)22-2/h3-9H,10H2,1-2H3,(H,17,19). The van der Waals surface area contributed by atoms with Crippen LogP contribution in [-0.2, 0) is 4.79 Å². The Labute approximate surface area is 133 Å². The average molecular weight is 316 g/mol. The Balaban J connectivity index is 1.97. The molecule has 120 valence electrons. The van der Waals surface area contributed by atoms with Gasteiger partial charge in [-0.05, 0) is 25.1 Å². The van der Waals surface area contributed by atoms with Gasteiger partial charge < -0.3 is 14.8 Å². The highest BCUT2D eigenvalue weighted by Gasteiger charge is 2.12. The van der Waals surface area contributed by atoms with E-state index >= 15 is 0 Å². The number of carbonyl (C=O) groups is 1. The summed E-state index contributed by atoms with van der Waals surface area (Å²) < 4.78 is 10.4. The Kier molecular flexibility index (Phi) is 5.14. The number of ether oxygens (including phenoxy) is 2. The van der Waals surface area contributed by atoms with Crippen LogP contribution in [-0.4, -0.2) is 24.5 Å². The molecule has 0 aliphatic rings. The first-order valence-electron chi connectivity index (χ1n) is 6.81. The maximum Gasteiger partial charge on any atom is 0.274 e. The second-order valence-electron chi connectivity index (χ2n) is 4.77. The maximum absolute atomic E-state index is 11.9. The SMILES string of the molecule is COc1cccc(OCC(=O)Nc2ccc(C)c([N+](=O)[O-])c2)c1. The first-order valence-corrected chi connectivity index (χ1v) is 6.81. The van der Waals surface area contributed by atoms with Crippen molar-refractivity contribution in [2.75, 3.05) is 19.0 Å². The van der Waals surface area contributed by atoms with E-state index in [1.165, 1.54) is 13.2 Å². The number of rotatable bonds is 6. The van der Waals surface area contributed by atoms with E-state index in [0.29, 0.717) is 22.7 Å². The summed E-state index contributed by atoms with van der Waals surface area (Å²) in [5.41, 5.74) is 0.832. The second kappa shape index (κ2) is 7.26. The summed E-state index contributed by atoms with van der Waals surface area (Å²) in [6.45, 7) is 1.42. The average Bonchev–Trinajstić information content (AvgIpc) is 2.54. The zero-order valence-corrected chi connectivity index (χ0v) is 12.7. The first kappa shape index (κ1) is 16.3. The molecular formula is C16H16N2O5. The van der Waals surface area contributed by atoms with Crippen molar-refractivity contribution in [3.05, 3.63) is 58.1 Å². The molecular weight excluding hydrogens is 300 g/mol. The molecule has 2 aromatic carbocycles. The van der Waals surface area contributed by atoms with Crippen molar-refractivity contribution in [2.24, 2.45) is 0 Å². The predicted octanol–water partition coefficient (Wildman–Crippen LogP) is 2.93. The fraction of sp³-hybridized carbons (Fsp3) is 0.188. The zero-order chi connectivity index (χ0) is 16.8. The lowest BCUT2D eigenvalue weighted by Gasteiger charge is -2.09. The van der Waals surface area contributed by atoms with E-state index in [-0.39, 0.29) is 12.3 Å². The summed E-state index contributed by atoms with van der Waals surface area (Å²) in [6, 6.07) is 11.4. The molecule has 1 amide bonds. The molecule has 0 radical (unpaired) electrons. The molecule has 0 atom stereocenters. The highest BCUT2D eigenvalue weighted by atomic mass is 16.6. The number of nitrogens with zero attached hydrogens (tertiary/aromatic N) is 1. The predicted molar refractivity (Wildman–Crippen MR) is 85.0 cm³/mol. The van der Waals surface area contributed by atoms with Gasteiger partial charge in [0.1, 0.15) is 11.5 Å². The third-order valence-corrected chi connectivity index (χ3v) is 3.10. The van der Waals surface area contributed by atoms with E-state index in [1.807, 2.05) is 0 Å². The third-order valence-electron chi connectivity index (χ3n) is 3.10. The quantitative estimate of drug-likeness (QED) is 0.653. The number of carbonyl (C=O) groups excluding carboxylic acids is 1. The summed E-state index contributed by atoms with van der Waals surface area (Å²) in [7, 11) is 1.54. The van der Waals surface area contributed by atoms with Crippen LogP contribution >= 0.6 is 0 Å². The molecule has 0 aliphatic heterocycles. The van der Waals surface area contributed by atoms with Crippen molar-refractivity contribution < 1.29 is 19.2 Å². The van der Waals surface area contributed by atoms with Crippen LogP contribution in [0.25, 0.3) is 0 Å². The normalized spacial score (nSPS) is 10.0. The Morgan fingerprint density at radius 2 is 1.96 bits per heavy atom. The van der Waals surface area contributed by atoms with Crippen molar-refractivity contribution in [1.82, 2.24) is 0 Å². The van der Waals surface area contributed by atoms with Gasteiger partial charge in [-0.2, -0.15) is 0 Å². The van der Waals surface area contributed by atoms with Crippen LogP contribution in [0.1, 0.15) is 5.56 Å². The number of amides is 1. The monoisotopic (exact) mass is 316 g/mol. The number of anilines is 1. The Morgan fingerprint density at radius 1 is 1.22 bits per heavy atom. The molecule has 7 heteroatoms. The molecule has 7 nitrogen and oxygen atoms in total. The number of nitro groups is 1. The lowest BCUT2D eigenvalue weighted by atomic mass is 10.2. The first-order chi connectivity index (χ1) is 11.0. The minimum Gasteiger partial charge on any atom is -0.497 e. The van der Waals surface area contributed by atoms with Gasteiger partial charge in [0.25, 0.3) is 11.6 Å². The Bertz CT molecular complexity index is 730. The van der Waals surface area contributed by atoms with Gasteiger partial charge in [-0.3, -0.25) is 14.9 Å². The van der Waals surface area contributed by atoms with Crippen molar-refractivity contribution in [3.63, 3.8) is 0 Å². The van der Waals surface area contributed by atoms with Gasteiger partial charge in [0.2, 0.25) is 0 Å². The van der Waals surface area contributed by atoms with E-state index < -0.39 is 10.8 Å². The molecule has 2 rings (SSSR count). The summed E-state index contributed by atoms with van der Waals surface area (Å²) >= 11 is 0. The summed E-state index contributed by atoms with van der Waals surface area (Å²) in [6.07, 6.45) is 0. The third kappa shape index (κ3) is 4.44. The summed E-state index contributed by atoms with van der Waals surface area (Å²) in [5.74, 6) is 0.706. The number of nitro benzene ring substituents is 1. The highest BCUT2D eigenvalue weighted by Crippen LogP contribution is 2.22. The van der Waals surface area contributed by atoms with Crippen LogP contribution in [0.5, 0.6) is 11.5 Å². The van der Waals surface area contributed by atoms with Gasteiger partial charge in [-0.1, -0.05) is 12.1 Å². The molecule has 0 bridgehead atoms. The minimum absolute atomic E-state index is 0.0449. The van der Waals surface area contributed by atoms with Crippen molar-refractivity contribution >= 4 is 17.3 Å². The fourth-order valence-corrected chi connectivity index (χ4v) is 1.92. The topological polar surface area (TPSA) is 90.7 Å². The molecule has 0 saturated heterocycles. The Morgan fingerprint density at radius 3 is 2.65 bits per heavy atom. The van der Waals surface area contributed by atoms with Crippen LogP contribution < -0.4 is 14.8 Å². The van der Waals surface area contributed by atoms with Gasteiger partial charge >= 0.3 is 0 Å². The van der Waals surface area contributed by atoms with E-state index in [2.05, 4.69) is 5.32 Å². The van der Waals surface area contributed by atoms with Crippen molar-refractivity contribution in [2.45, 2.75) is 6.92 Å². The number of hydrogen-bond donors (Lipinski definition) is 1. The number of hydrogen-bond acceptors (Lipinski definition) is 5. The van der Waals surface area contributed by atoms with Crippen molar-refractivity contribution in [3.8, 4) is 11.5 Å². The van der Waals surface area contributed by atoms with E-state index in [9.17, 15) is 14.9 Å². The van der Waals surface area contributed by atoms with E-state index in [1.54, 1.807) is 43.3 Å². The number of methoxy groups -OCH3 is 1. The van der Waals surface area contributed by atoms with Crippen LogP contribution in [0, 0.1) is 17.0 Å².